The Morgan fingerprint density at radius 3 is 2.93 bits per heavy atom. The van der Waals surface area contributed by atoms with E-state index in [0.717, 1.165) is 37.8 Å². The van der Waals surface area contributed by atoms with Crippen LogP contribution in [0.3, 0.4) is 0 Å². The molecule has 1 atom stereocenters. The van der Waals surface area contributed by atoms with E-state index in [-0.39, 0.29) is 0 Å². The molecule has 5 heteroatoms. The van der Waals surface area contributed by atoms with Crippen LogP contribution >= 0.6 is 0 Å². The fourth-order valence-electron chi connectivity index (χ4n) is 4.11. The Bertz CT molecular complexity index is 936. The van der Waals surface area contributed by atoms with Crippen LogP contribution in [-0.2, 0) is 13.1 Å². The lowest BCUT2D eigenvalue weighted by molar-refractivity contribution is 0.182. The van der Waals surface area contributed by atoms with Crippen molar-refractivity contribution in [2.24, 2.45) is 0 Å². The molecule has 1 saturated heterocycles. The SMILES string of the molecule is COc1cccc(CN2CCCC(NCc3nccn3-c3cccc(C)c3)C2)c1. The number of rotatable bonds is 7. The molecule has 0 spiro atoms. The molecule has 0 bridgehead atoms. The number of nitrogens with zero attached hydrogens (tertiary/aromatic N) is 3. The zero-order valence-corrected chi connectivity index (χ0v) is 17.3. The van der Waals surface area contributed by atoms with Gasteiger partial charge < -0.3 is 14.6 Å². The molecule has 0 saturated carbocycles. The zero-order chi connectivity index (χ0) is 20.1. The molecule has 1 aliphatic heterocycles. The van der Waals surface area contributed by atoms with Gasteiger partial charge >= 0.3 is 0 Å². The molecule has 1 fully saturated rings. The van der Waals surface area contributed by atoms with E-state index in [9.17, 15) is 0 Å². The maximum absolute atomic E-state index is 5.36. The van der Waals surface area contributed by atoms with Gasteiger partial charge in [0.1, 0.15) is 11.6 Å². The molecule has 1 N–H and O–H groups in total. The van der Waals surface area contributed by atoms with E-state index in [0.29, 0.717) is 6.04 Å². The predicted molar refractivity (Wildman–Crippen MR) is 116 cm³/mol. The van der Waals surface area contributed by atoms with E-state index >= 15 is 0 Å². The fourth-order valence-corrected chi connectivity index (χ4v) is 4.11. The van der Waals surface area contributed by atoms with Crippen LogP contribution in [0.25, 0.3) is 5.69 Å². The van der Waals surface area contributed by atoms with Crippen LogP contribution in [-0.4, -0.2) is 40.7 Å². The first kappa shape index (κ1) is 19.7. The van der Waals surface area contributed by atoms with Crippen molar-refractivity contribution in [2.45, 2.75) is 38.9 Å². The van der Waals surface area contributed by atoms with E-state index in [1.54, 1.807) is 7.11 Å². The first-order chi connectivity index (χ1) is 14.2. The van der Waals surface area contributed by atoms with Gasteiger partial charge in [-0.05, 0) is 61.7 Å². The van der Waals surface area contributed by atoms with Gasteiger partial charge in [-0.2, -0.15) is 0 Å². The lowest BCUT2D eigenvalue weighted by Gasteiger charge is -2.33. The summed E-state index contributed by atoms with van der Waals surface area (Å²) in [7, 11) is 1.72. The van der Waals surface area contributed by atoms with Gasteiger partial charge in [-0.25, -0.2) is 4.98 Å². The van der Waals surface area contributed by atoms with Gasteiger partial charge in [-0.1, -0.05) is 24.3 Å². The molecule has 1 aliphatic rings. The van der Waals surface area contributed by atoms with Gasteiger partial charge in [0.15, 0.2) is 0 Å². The van der Waals surface area contributed by atoms with Crippen molar-refractivity contribution < 1.29 is 4.74 Å². The van der Waals surface area contributed by atoms with Gasteiger partial charge in [-0.3, -0.25) is 4.90 Å². The lowest BCUT2D eigenvalue weighted by Crippen LogP contribution is -2.45. The zero-order valence-electron chi connectivity index (χ0n) is 17.3. The molecule has 0 amide bonds. The highest BCUT2D eigenvalue weighted by Crippen LogP contribution is 2.18. The number of nitrogens with one attached hydrogen (secondary N) is 1. The van der Waals surface area contributed by atoms with Crippen LogP contribution in [0.5, 0.6) is 5.75 Å². The number of imidazole rings is 1. The van der Waals surface area contributed by atoms with Gasteiger partial charge in [-0.15, -0.1) is 0 Å². The van der Waals surface area contributed by atoms with Gasteiger partial charge in [0, 0.05) is 37.2 Å². The molecular formula is C24H30N4O. The quantitative estimate of drug-likeness (QED) is 0.663. The molecule has 2 aromatic carbocycles. The number of aromatic nitrogens is 2. The molecule has 0 radical (unpaired) electrons. The molecular weight excluding hydrogens is 360 g/mol. The number of aryl methyl sites for hydroxylation is 1. The van der Waals surface area contributed by atoms with E-state index in [1.807, 2.05) is 18.5 Å². The largest absolute Gasteiger partial charge is 0.497 e. The average molecular weight is 391 g/mol. The van der Waals surface area contributed by atoms with Gasteiger partial charge in [0.25, 0.3) is 0 Å². The summed E-state index contributed by atoms with van der Waals surface area (Å²) in [5.41, 5.74) is 3.73. The highest BCUT2D eigenvalue weighted by molar-refractivity contribution is 5.36. The van der Waals surface area contributed by atoms with E-state index in [4.69, 9.17) is 4.74 Å². The standard InChI is InChI=1S/C24H30N4O/c1-19-6-3-9-22(14-19)28-13-11-25-24(28)16-26-21-8-5-12-27(18-21)17-20-7-4-10-23(15-20)29-2/h3-4,6-7,9-11,13-15,21,26H,5,8,12,16-18H2,1-2H3. The Kier molecular flexibility index (Phi) is 6.27. The number of benzene rings is 2. The minimum Gasteiger partial charge on any atom is -0.497 e. The molecule has 1 unspecified atom stereocenters. The Labute approximate surface area is 173 Å². The summed E-state index contributed by atoms with van der Waals surface area (Å²) >= 11 is 0. The summed E-state index contributed by atoms with van der Waals surface area (Å²) in [5.74, 6) is 1.98. The molecule has 3 aromatic rings. The normalized spacial score (nSPS) is 17.4. The van der Waals surface area contributed by atoms with Crippen molar-refractivity contribution in [2.75, 3.05) is 20.2 Å². The van der Waals surface area contributed by atoms with Gasteiger partial charge in [0.05, 0.1) is 13.7 Å². The molecule has 152 valence electrons. The third kappa shape index (κ3) is 5.05. The number of methoxy groups -OCH3 is 1. The van der Waals surface area contributed by atoms with Crippen LogP contribution in [0.4, 0.5) is 0 Å². The summed E-state index contributed by atoms with van der Waals surface area (Å²) in [5, 5.41) is 3.74. The Morgan fingerprint density at radius 2 is 2.07 bits per heavy atom. The van der Waals surface area contributed by atoms with Crippen molar-refractivity contribution in [1.29, 1.82) is 0 Å². The van der Waals surface area contributed by atoms with E-state index in [1.165, 1.54) is 29.7 Å². The number of hydrogen-bond acceptors (Lipinski definition) is 4. The Morgan fingerprint density at radius 1 is 1.17 bits per heavy atom. The van der Waals surface area contributed by atoms with Crippen molar-refractivity contribution in [1.82, 2.24) is 19.8 Å². The maximum Gasteiger partial charge on any atom is 0.127 e. The minimum absolute atomic E-state index is 0.483. The van der Waals surface area contributed by atoms with Crippen LogP contribution < -0.4 is 10.1 Å². The fraction of sp³-hybridized carbons (Fsp3) is 0.375. The second kappa shape index (κ2) is 9.25. The first-order valence-electron chi connectivity index (χ1n) is 10.4. The average Bonchev–Trinajstić information content (AvgIpc) is 3.21. The monoisotopic (exact) mass is 390 g/mol. The Hall–Kier alpha value is -2.63. The molecule has 4 rings (SSSR count). The highest BCUT2D eigenvalue weighted by Gasteiger charge is 2.20. The third-order valence-electron chi connectivity index (χ3n) is 5.59. The summed E-state index contributed by atoms with van der Waals surface area (Å²) in [6.07, 6.45) is 6.35. The van der Waals surface area contributed by atoms with Crippen molar-refractivity contribution >= 4 is 0 Å². The smallest absolute Gasteiger partial charge is 0.127 e. The molecule has 29 heavy (non-hydrogen) atoms. The summed E-state index contributed by atoms with van der Waals surface area (Å²) in [6, 6.07) is 17.4. The van der Waals surface area contributed by atoms with Gasteiger partial charge in [0.2, 0.25) is 0 Å². The second-order valence-electron chi connectivity index (χ2n) is 7.86. The molecule has 5 nitrogen and oxygen atoms in total. The number of hydrogen-bond donors (Lipinski definition) is 1. The summed E-state index contributed by atoms with van der Waals surface area (Å²) < 4.78 is 7.54. The number of likely N-dealkylation sites (tertiary alicyclic amines) is 1. The lowest BCUT2D eigenvalue weighted by atomic mass is 10.0. The van der Waals surface area contributed by atoms with E-state index < -0.39 is 0 Å². The van der Waals surface area contributed by atoms with Crippen LogP contribution in [0.1, 0.15) is 29.8 Å². The number of piperidine rings is 1. The number of ether oxygens (including phenoxy) is 1. The van der Waals surface area contributed by atoms with Crippen molar-refractivity contribution in [3.05, 3.63) is 77.9 Å². The maximum atomic E-state index is 5.36. The van der Waals surface area contributed by atoms with Crippen LogP contribution in [0.2, 0.25) is 0 Å². The highest BCUT2D eigenvalue weighted by atomic mass is 16.5. The van der Waals surface area contributed by atoms with Crippen LogP contribution in [0, 0.1) is 6.92 Å². The minimum atomic E-state index is 0.483. The summed E-state index contributed by atoms with van der Waals surface area (Å²) in [4.78, 5) is 7.12. The predicted octanol–water partition coefficient (Wildman–Crippen LogP) is 3.94. The van der Waals surface area contributed by atoms with Crippen molar-refractivity contribution in [3.8, 4) is 11.4 Å². The van der Waals surface area contributed by atoms with Crippen LogP contribution in [0.15, 0.2) is 60.9 Å². The Balaban J connectivity index is 1.35. The van der Waals surface area contributed by atoms with E-state index in [2.05, 4.69) is 69.2 Å². The topological polar surface area (TPSA) is 42.3 Å². The molecule has 2 heterocycles. The van der Waals surface area contributed by atoms with Crippen molar-refractivity contribution in [3.63, 3.8) is 0 Å². The second-order valence-corrected chi connectivity index (χ2v) is 7.86. The molecule has 0 aliphatic carbocycles. The summed E-state index contributed by atoms with van der Waals surface area (Å²) in [6.45, 7) is 6.07. The first-order valence-corrected chi connectivity index (χ1v) is 10.4. The third-order valence-corrected chi connectivity index (χ3v) is 5.59. The molecule has 1 aromatic heterocycles.